The van der Waals surface area contributed by atoms with Crippen molar-refractivity contribution in [3.8, 4) is 11.5 Å². The molecule has 1 aliphatic rings. The van der Waals surface area contributed by atoms with Gasteiger partial charge in [-0.05, 0) is 37.6 Å². The molecule has 0 bridgehead atoms. The van der Waals surface area contributed by atoms with Crippen LogP contribution in [0.25, 0.3) is 11.5 Å². The number of likely N-dealkylation sites (tertiary alicyclic amines) is 1. The average molecular weight is 344 g/mol. The van der Waals surface area contributed by atoms with Crippen LogP contribution in [0.1, 0.15) is 18.7 Å². The third kappa shape index (κ3) is 3.58. The molecule has 22 heavy (non-hydrogen) atoms. The molecule has 1 aliphatic heterocycles. The topological polar surface area (TPSA) is 79.5 Å². The van der Waals surface area contributed by atoms with Gasteiger partial charge in [0.1, 0.15) is 6.04 Å². The van der Waals surface area contributed by atoms with Crippen LogP contribution in [0.4, 0.5) is 0 Å². The second-order valence-corrected chi connectivity index (χ2v) is 5.43. The van der Waals surface area contributed by atoms with E-state index >= 15 is 0 Å². The van der Waals surface area contributed by atoms with E-state index in [2.05, 4.69) is 10.1 Å². The fourth-order valence-electron chi connectivity index (χ4n) is 2.53. The van der Waals surface area contributed by atoms with Crippen molar-refractivity contribution >= 4 is 30.0 Å². The van der Waals surface area contributed by atoms with Crippen molar-refractivity contribution in [2.75, 3.05) is 6.54 Å². The molecule has 1 atom stereocenters. The van der Waals surface area contributed by atoms with Crippen LogP contribution in [0, 0.1) is 0 Å². The minimum atomic E-state index is -0.800. The van der Waals surface area contributed by atoms with Crippen LogP contribution in [-0.2, 0) is 11.3 Å². The maximum atomic E-state index is 11.1. The van der Waals surface area contributed by atoms with E-state index in [1.807, 2.05) is 17.0 Å². The van der Waals surface area contributed by atoms with Gasteiger partial charge in [-0.2, -0.15) is 4.98 Å². The minimum Gasteiger partial charge on any atom is -0.480 e. The Morgan fingerprint density at radius 3 is 3.05 bits per heavy atom. The highest BCUT2D eigenvalue weighted by molar-refractivity contribution is 6.30. The number of rotatable bonds is 4. The molecule has 3 rings (SSSR count). The van der Waals surface area contributed by atoms with Crippen LogP contribution < -0.4 is 0 Å². The second kappa shape index (κ2) is 7.09. The SMILES string of the molecule is Cl.O=C(O)[C@H]1CCCN1Cc1noc(-c2cccc(Cl)c2)n1. The summed E-state index contributed by atoms with van der Waals surface area (Å²) < 4.78 is 5.22. The predicted octanol–water partition coefficient (Wildman–Crippen LogP) is 2.86. The zero-order valence-corrected chi connectivity index (χ0v) is 13.2. The molecule has 2 aromatic rings. The van der Waals surface area contributed by atoms with E-state index in [-0.39, 0.29) is 12.4 Å². The zero-order chi connectivity index (χ0) is 14.8. The lowest BCUT2D eigenvalue weighted by Crippen LogP contribution is -2.35. The van der Waals surface area contributed by atoms with E-state index in [0.29, 0.717) is 29.7 Å². The fourth-order valence-corrected chi connectivity index (χ4v) is 2.72. The molecule has 6 nitrogen and oxygen atoms in total. The van der Waals surface area contributed by atoms with Crippen LogP contribution in [-0.4, -0.2) is 38.7 Å². The van der Waals surface area contributed by atoms with E-state index in [4.69, 9.17) is 21.2 Å². The number of aliphatic carboxylic acids is 1. The highest BCUT2D eigenvalue weighted by atomic mass is 35.5. The first-order chi connectivity index (χ1) is 10.1. The normalized spacial score (nSPS) is 18.1. The van der Waals surface area contributed by atoms with Gasteiger partial charge in [0.25, 0.3) is 5.89 Å². The number of carboxylic acid groups (broad SMARTS) is 1. The van der Waals surface area contributed by atoms with Crippen molar-refractivity contribution in [3.05, 3.63) is 35.1 Å². The molecule has 1 N–H and O–H groups in total. The number of halogens is 2. The van der Waals surface area contributed by atoms with Gasteiger partial charge in [-0.1, -0.05) is 22.8 Å². The largest absolute Gasteiger partial charge is 0.480 e. The Hall–Kier alpha value is -1.63. The summed E-state index contributed by atoms with van der Waals surface area (Å²) in [5.41, 5.74) is 0.748. The molecular weight excluding hydrogens is 329 g/mol. The third-order valence-electron chi connectivity index (χ3n) is 3.53. The molecule has 8 heteroatoms. The number of aromatic nitrogens is 2. The van der Waals surface area contributed by atoms with Crippen LogP contribution in [0.5, 0.6) is 0 Å². The van der Waals surface area contributed by atoms with Crippen molar-refractivity contribution in [2.24, 2.45) is 0 Å². The van der Waals surface area contributed by atoms with E-state index in [1.165, 1.54) is 0 Å². The fraction of sp³-hybridized carbons (Fsp3) is 0.357. The lowest BCUT2D eigenvalue weighted by atomic mass is 10.2. The van der Waals surface area contributed by atoms with Crippen molar-refractivity contribution in [2.45, 2.75) is 25.4 Å². The quantitative estimate of drug-likeness (QED) is 0.919. The first-order valence-electron chi connectivity index (χ1n) is 6.69. The standard InChI is InChI=1S/C14H14ClN3O3.ClH/c15-10-4-1-3-9(7-10)13-16-12(17-21-13)8-18-6-2-5-11(18)14(19)20;/h1,3-4,7,11H,2,5-6,8H2,(H,19,20);1H/t11-;/m1./s1. The molecule has 1 saturated heterocycles. The van der Waals surface area contributed by atoms with Gasteiger partial charge >= 0.3 is 5.97 Å². The highest BCUT2D eigenvalue weighted by Gasteiger charge is 2.31. The van der Waals surface area contributed by atoms with Crippen molar-refractivity contribution in [3.63, 3.8) is 0 Å². The minimum absolute atomic E-state index is 0. The van der Waals surface area contributed by atoms with Crippen LogP contribution in [0.2, 0.25) is 5.02 Å². The van der Waals surface area contributed by atoms with Gasteiger partial charge in [-0.25, -0.2) is 0 Å². The monoisotopic (exact) mass is 343 g/mol. The summed E-state index contributed by atoms with van der Waals surface area (Å²) in [6.45, 7) is 1.11. The summed E-state index contributed by atoms with van der Waals surface area (Å²) >= 11 is 5.93. The Morgan fingerprint density at radius 2 is 2.32 bits per heavy atom. The lowest BCUT2D eigenvalue weighted by molar-refractivity contribution is -0.142. The summed E-state index contributed by atoms with van der Waals surface area (Å²) in [6.07, 6.45) is 1.53. The molecule has 0 spiro atoms. The number of hydrogen-bond acceptors (Lipinski definition) is 5. The number of hydrogen-bond donors (Lipinski definition) is 1. The van der Waals surface area contributed by atoms with Gasteiger partial charge in [-0.3, -0.25) is 9.69 Å². The first kappa shape index (κ1) is 16.7. The van der Waals surface area contributed by atoms with Crippen LogP contribution in [0.15, 0.2) is 28.8 Å². The number of carboxylic acids is 1. The Balaban J connectivity index is 0.00000176. The van der Waals surface area contributed by atoms with E-state index in [1.54, 1.807) is 12.1 Å². The highest BCUT2D eigenvalue weighted by Crippen LogP contribution is 2.23. The molecular formula is C14H15Cl2N3O3. The number of carbonyl (C=O) groups is 1. The summed E-state index contributed by atoms with van der Waals surface area (Å²) in [7, 11) is 0. The van der Waals surface area contributed by atoms with Gasteiger partial charge in [0.05, 0.1) is 6.54 Å². The molecule has 0 aliphatic carbocycles. The van der Waals surface area contributed by atoms with Gasteiger partial charge in [0.2, 0.25) is 0 Å². The van der Waals surface area contributed by atoms with Gasteiger partial charge in [-0.15, -0.1) is 12.4 Å². The van der Waals surface area contributed by atoms with E-state index < -0.39 is 12.0 Å². The summed E-state index contributed by atoms with van der Waals surface area (Å²) in [4.78, 5) is 17.3. The maximum absolute atomic E-state index is 11.1. The smallest absolute Gasteiger partial charge is 0.320 e. The molecule has 0 radical (unpaired) electrons. The molecule has 0 saturated carbocycles. The molecule has 118 valence electrons. The molecule has 1 aromatic heterocycles. The summed E-state index contributed by atoms with van der Waals surface area (Å²) in [6, 6.07) is 6.69. The maximum Gasteiger partial charge on any atom is 0.320 e. The Morgan fingerprint density at radius 1 is 1.50 bits per heavy atom. The van der Waals surface area contributed by atoms with Crippen LogP contribution >= 0.6 is 24.0 Å². The summed E-state index contributed by atoms with van der Waals surface area (Å²) in [5.74, 6) is 0.0720. The van der Waals surface area contributed by atoms with Gasteiger partial charge in [0, 0.05) is 10.6 Å². The average Bonchev–Trinajstić information content (AvgIpc) is 3.08. The Bertz CT molecular complexity index is 662. The molecule has 0 unspecified atom stereocenters. The zero-order valence-electron chi connectivity index (χ0n) is 11.6. The van der Waals surface area contributed by atoms with Crippen molar-refractivity contribution in [1.82, 2.24) is 15.0 Å². The van der Waals surface area contributed by atoms with Crippen LogP contribution in [0.3, 0.4) is 0 Å². The van der Waals surface area contributed by atoms with Gasteiger partial charge in [0.15, 0.2) is 5.82 Å². The Kier molecular flexibility index (Phi) is 5.39. The Labute approximate surface area is 138 Å². The van der Waals surface area contributed by atoms with Gasteiger partial charge < -0.3 is 9.63 Å². The van der Waals surface area contributed by atoms with E-state index in [0.717, 1.165) is 18.5 Å². The molecule has 2 heterocycles. The molecule has 1 aromatic carbocycles. The molecule has 1 fully saturated rings. The number of nitrogens with zero attached hydrogens (tertiary/aromatic N) is 3. The van der Waals surface area contributed by atoms with E-state index in [9.17, 15) is 4.79 Å². The molecule has 0 amide bonds. The predicted molar refractivity (Wildman–Crippen MR) is 83.1 cm³/mol. The van der Waals surface area contributed by atoms with Crippen molar-refractivity contribution in [1.29, 1.82) is 0 Å². The second-order valence-electron chi connectivity index (χ2n) is 4.99. The first-order valence-corrected chi connectivity index (χ1v) is 7.06. The van der Waals surface area contributed by atoms with Crippen molar-refractivity contribution < 1.29 is 14.4 Å². The summed E-state index contributed by atoms with van der Waals surface area (Å²) in [5, 5.41) is 13.7. The number of benzene rings is 1. The third-order valence-corrected chi connectivity index (χ3v) is 3.77. The lowest BCUT2D eigenvalue weighted by Gasteiger charge is -2.18.